The number of hydrogen-bond donors (Lipinski definition) is 1. The van der Waals surface area contributed by atoms with Gasteiger partial charge in [-0.25, -0.2) is 9.47 Å². The monoisotopic (exact) mass is 392 g/mol. The average Bonchev–Trinajstić information content (AvgIpc) is 3.02. The summed E-state index contributed by atoms with van der Waals surface area (Å²) in [5, 5.41) is 10.00. The summed E-state index contributed by atoms with van der Waals surface area (Å²) >= 11 is 1.44. The Hall–Kier alpha value is -3.06. The first-order chi connectivity index (χ1) is 13.4. The molecule has 4 aromatic rings. The topological polar surface area (TPSA) is 86.9 Å². The summed E-state index contributed by atoms with van der Waals surface area (Å²) in [5.74, 6) is 7.40. The molecule has 0 bridgehead atoms. The van der Waals surface area contributed by atoms with E-state index in [-0.39, 0.29) is 5.63 Å². The highest BCUT2D eigenvalue weighted by atomic mass is 32.2. The minimum absolute atomic E-state index is 0.360. The molecule has 2 N–H and O–H groups in total. The Labute approximate surface area is 166 Å². The van der Waals surface area contributed by atoms with Crippen LogP contribution < -0.4 is 11.5 Å². The lowest BCUT2D eigenvalue weighted by Crippen LogP contribution is -2.12. The molecule has 0 unspecified atom stereocenters. The first-order valence-corrected chi connectivity index (χ1v) is 9.86. The fraction of sp³-hybridized carbons (Fsp3) is 0.190. The first kappa shape index (κ1) is 18.3. The number of aryl methyl sites for hydroxylation is 3. The van der Waals surface area contributed by atoms with Crippen LogP contribution in [0.1, 0.15) is 22.3 Å². The zero-order valence-electron chi connectivity index (χ0n) is 15.9. The van der Waals surface area contributed by atoms with Crippen molar-refractivity contribution in [3.05, 3.63) is 75.1 Å². The molecule has 142 valence electrons. The van der Waals surface area contributed by atoms with Gasteiger partial charge >= 0.3 is 5.63 Å². The largest absolute Gasteiger partial charge is 0.423 e. The number of benzene rings is 2. The maximum atomic E-state index is 12.0. The van der Waals surface area contributed by atoms with Crippen LogP contribution in [-0.4, -0.2) is 14.9 Å². The number of nitrogens with two attached hydrogens (primary N) is 1. The Balaban J connectivity index is 1.67. The third kappa shape index (κ3) is 3.29. The van der Waals surface area contributed by atoms with Crippen LogP contribution in [0.2, 0.25) is 0 Å². The van der Waals surface area contributed by atoms with Crippen molar-refractivity contribution >= 4 is 22.7 Å². The second-order valence-corrected chi connectivity index (χ2v) is 7.75. The predicted octanol–water partition coefficient (Wildman–Crippen LogP) is 3.98. The molecule has 0 fully saturated rings. The van der Waals surface area contributed by atoms with E-state index in [1.807, 2.05) is 51.1 Å². The number of thioether (sulfide) groups is 1. The van der Waals surface area contributed by atoms with Crippen LogP contribution in [0.25, 0.3) is 22.4 Å². The van der Waals surface area contributed by atoms with E-state index in [0.717, 1.165) is 33.2 Å². The molecule has 4 rings (SSSR count). The fourth-order valence-electron chi connectivity index (χ4n) is 3.13. The van der Waals surface area contributed by atoms with E-state index >= 15 is 0 Å². The van der Waals surface area contributed by atoms with Crippen LogP contribution in [-0.2, 0) is 5.75 Å². The molecule has 0 aliphatic carbocycles. The summed E-state index contributed by atoms with van der Waals surface area (Å²) in [7, 11) is 0. The van der Waals surface area contributed by atoms with Gasteiger partial charge in [-0.05, 0) is 55.2 Å². The van der Waals surface area contributed by atoms with Crippen molar-refractivity contribution in [2.45, 2.75) is 31.7 Å². The predicted molar refractivity (Wildman–Crippen MR) is 112 cm³/mol. The minimum atomic E-state index is -0.360. The highest BCUT2D eigenvalue weighted by Gasteiger charge is 2.15. The average molecular weight is 392 g/mol. The molecule has 28 heavy (non-hydrogen) atoms. The van der Waals surface area contributed by atoms with Crippen molar-refractivity contribution < 1.29 is 4.42 Å². The van der Waals surface area contributed by atoms with Gasteiger partial charge in [0.2, 0.25) is 5.16 Å². The Kier molecular flexibility index (Phi) is 4.68. The maximum absolute atomic E-state index is 12.0. The summed E-state index contributed by atoms with van der Waals surface area (Å²) in [5.41, 5.74) is 5.39. The van der Waals surface area contributed by atoms with Gasteiger partial charge in [0.05, 0.1) is 0 Å². The Morgan fingerprint density at radius 2 is 1.79 bits per heavy atom. The zero-order valence-corrected chi connectivity index (χ0v) is 16.7. The van der Waals surface area contributed by atoms with E-state index < -0.39 is 0 Å². The lowest BCUT2D eigenvalue weighted by Gasteiger charge is -2.08. The van der Waals surface area contributed by atoms with Crippen LogP contribution in [0.4, 0.5) is 0 Å². The highest BCUT2D eigenvalue weighted by molar-refractivity contribution is 7.98. The van der Waals surface area contributed by atoms with Crippen LogP contribution in [0, 0.1) is 20.8 Å². The van der Waals surface area contributed by atoms with Crippen molar-refractivity contribution in [2.75, 3.05) is 5.84 Å². The summed E-state index contributed by atoms with van der Waals surface area (Å²) in [6.07, 6.45) is 0. The van der Waals surface area contributed by atoms with E-state index in [1.54, 1.807) is 0 Å². The molecular weight excluding hydrogens is 372 g/mol. The molecule has 0 atom stereocenters. The van der Waals surface area contributed by atoms with Gasteiger partial charge in [0.1, 0.15) is 5.58 Å². The van der Waals surface area contributed by atoms with Gasteiger partial charge in [-0.2, -0.15) is 0 Å². The second-order valence-electron chi connectivity index (χ2n) is 6.80. The lowest BCUT2D eigenvalue weighted by atomic mass is 10.0. The maximum Gasteiger partial charge on any atom is 0.336 e. The van der Waals surface area contributed by atoms with Crippen molar-refractivity contribution in [1.82, 2.24) is 14.9 Å². The number of aromatic nitrogens is 3. The van der Waals surface area contributed by atoms with Gasteiger partial charge in [-0.3, -0.25) is 0 Å². The molecule has 2 heterocycles. The number of hydrogen-bond acceptors (Lipinski definition) is 6. The molecule has 0 aliphatic rings. The van der Waals surface area contributed by atoms with Gasteiger partial charge in [-0.1, -0.05) is 36.0 Å². The molecule has 0 amide bonds. The smallest absolute Gasteiger partial charge is 0.336 e. The Bertz CT molecular complexity index is 1240. The molecule has 0 saturated carbocycles. The molecule has 6 nitrogen and oxygen atoms in total. The van der Waals surface area contributed by atoms with Crippen LogP contribution in [0.5, 0.6) is 0 Å². The van der Waals surface area contributed by atoms with Crippen molar-refractivity contribution in [3.8, 4) is 11.4 Å². The summed E-state index contributed by atoms with van der Waals surface area (Å²) < 4.78 is 6.86. The van der Waals surface area contributed by atoms with Gasteiger partial charge in [0.15, 0.2) is 5.82 Å². The standard InChI is InChI=1S/C21H20N4O2S/c1-12-6-4-5-7-16(12)20-23-24-21(25(20)22)28-11-15-10-19(26)27-18-9-14(3)13(2)8-17(15)18/h4-10H,11,22H2,1-3H3. The number of rotatable bonds is 4. The number of fused-ring (bicyclic) bond motifs is 1. The summed E-state index contributed by atoms with van der Waals surface area (Å²) in [6.45, 7) is 6.05. The number of nitrogens with zero attached hydrogens (tertiary/aromatic N) is 3. The minimum Gasteiger partial charge on any atom is -0.423 e. The molecule has 0 aliphatic heterocycles. The van der Waals surface area contributed by atoms with Crippen molar-refractivity contribution in [3.63, 3.8) is 0 Å². The highest BCUT2D eigenvalue weighted by Crippen LogP contribution is 2.29. The zero-order chi connectivity index (χ0) is 19.8. The van der Waals surface area contributed by atoms with Crippen LogP contribution >= 0.6 is 11.8 Å². The molecule has 0 spiro atoms. The van der Waals surface area contributed by atoms with E-state index in [4.69, 9.17) is 10.3 Å². The quantitative estimate of drug-likeness (QED) is 0.321. The molecule has 7 heteroatoms. The van der Waals surface area contributed by atoms with Gasteiger partial charge in [0, 0.05) is 22.8 Å². The third-order valence-corrected chi connectivity index (χ3v) is 5.84. The molecule has 0 radical (unpaired) electrons. The number of nitrogen functional groups attached to an aromatic ring is 1. The fourth-order valence-corrected chi connectivity index (χ4v) is 3.98. The van der Waals surface area contributed by atoms with Crippen molar-refractivity contribution in [1.29, 1.82) is 0 Å². The Morgan fingerprint density at radius 1 is 1.04 bits per heavy atom. The van der Waals surface area contributed by atoms with Gasteiger partial charge in [-0.15, -0.1) is 10.2 Å². The summed E-state index contributed by atoms with van der Waals surface area (Å²) in [4.78, 5) is 12.0. The molecule has 0 saturated heterocycles. The van der Waals surface area contributed by atoms with Gasteiger partial charge in [0.25, 0.3) is 0 Å². The first-order valence-electron chi connectivity index (χ1n) is 8.87. The normalized spacial score (nSPS) is 11.2. The van der Waals surface area contributed by atoms with E-state index in [0.29, 0.717) is 22.3 Å². The summed E-state index contributed by atoms with van der Waals surface area (Å²) in [6, 6.07) is 13.4. The van der Waals surface area contributed by atoms with E-state index in [2.05, 4.69) is 16.3 Å². The molecular formula is C21H20N4O2S. The third-order valence-electron chi connectivity index (χ3n) is 4.85. The SMILES string of the molecule is Cc1cc2oc(=O)cc(CSc3nnc(-c4ccccc4C)n3N)c2cc1C. The van der Waals surface area contributed by atoms with E-state index in [9.17, 15) is 4.79 Å². The second kappa shape index (κ2) is 7.16. The van der Waals surface area contributed by atoms with Crippen molar-refractivity contribution in [2.24, 2.45) is 0 Å². The molecule has 2 aromatic carbocycles. The lowest BCUT2D eigenvalue weighted by molar-refractivity contribution is 0.559. The molecule has 2 aromatic heterocycles. The van der Waals surface area contributed by atoms with Gasteiger partial charge < -0.3 is 10.3 Å². The van der Waals surface area contributed by atoms with Crippen LogP contribution in [0.3, 0.4) is 0 Å². The van der Waals surface area contributed by atoms with Crippen LogP contribution in [0.15, 0.2) is 56.8 Å². The van der Waals surface area contributed by atoms with E-state index in [1.165, 1.54) is 22.5 Å². The Morgan fingerprint density at radius 3 is 2.57 bits per heavy atom.